The number of anilines is 1. The molecule has 0 saturated carbocycles. The maximum atomic E-state index is 5.96. The van der Waals surface area contributed by atoms with Gasteiger partial charge in [0.15, 0.2) is 11.5 Å². The molecule has 2 heterocycles. The molecule has 2 aliphatic rings. The van der Waals surface area contributed by atoms with Crippen LogP contribution < -0.4 is 19.9 Å². The van der Waals surface area contributed by atoms with Gasteiger partial charge in [0.25, 0.3) is 0 Å². The van der Waals surface area contributed by atoms with Gasteiger partial charge in [-0.3, -0.25) is 0 Å². The SMILES string of the molecule is Nc1cc2c(cc1OCC1CCCCO1)OCCO2. The minimum absolute atomic E-state index is 0.168. The normalized spacial score (nSPS) is 22.0. The van der Waals surface area contributed by atoms with E-state index in [0.717, 1.165) is 19.4 Å². The third-order valence-corrected chi connectivity index (χ3v) is 3.37. The van der Waals surface area contributed by atoms with Crippen molar-refractivity contribution in [1.29, 1.82) is 0 Å². The molecule has 0 bridgehead atoms. The van der Waals surface area contributed by atoms with Crippen molar-refractivity contribution in [3.8, 4) is 17.2 Å². The summed E-state index contributed by atoms with van der Waals surface area (Å²) >= 11 is 0. The highest BCUT2D eigenvalue weighted by atomic mass is 16.6. The van der Waals surface area contributed by atoms with Crippen molar-refractivity contribution in [2.75, 3.05) is 32.2 Å². The first-order chi connectivity index (χ1) is 9.33. The smallest absolute Gasteiger partial charge is 0.165 e. The van der Waals surface area contributed by atoms with Gasteiger partial charge in [-0.1, -0.05) is 0 Å². The van der Waals surface area contributed by atoms with Gasteiger partial charge in [-0.2, -0.15) is 0 Å². The van der Waals surface area contributed by atoms with Crippen LogP contribution in [-0.2, 0) is 4.74 Å². The lowest BCUT2D eigenvalue weighted by atomic mass is 10.1. The highest BCUT2D eigenvalue weighted by molar-refractivity contribution is 5.62. The van der Waals surface area contributed by atoms with E-state index in [-0.39, 0.29) is 6.10 Å². The first-order valence-corrected chi connectivity index (χ1v) is 6.76. The third-order valence-electron chi connectivity index (χ3n) is 3.37. The Morgan fingerprint density at radius 3 is 2.63 bits per heavy atom. The predicted molar refractivity (Wildman–Crippen MR) is 70.9 cm³/mol. The number of hydrogen-bond donors (Lipinski definition) is 1. The summed E-state index contributed by atoms with van der Waals surface area (Å²) in [6.07, 6.45) is 3.55. The van der Waals surface area contributed by atoms with Crippen LogP contribution in [-0.4, -0.2) is 32.5 Å². The van der Waals surface area contributed by atoms with Gasteiger partial charge in [-0.05, 0) is 19.3 Å². The van der Waals surface area contributed by atoms with Crippen molar-refractivity contribution in [3.05, 3.63) is 12.1 Å². The molecule has 0 aromatic heterocycles. The Morgan fingerprint density at radius 1 is 1.11 bits per heavy atom. The van der Waals surface area contributed by atoms with Gasteiger partial charge < -0.3 is 24.7 Å². The minimum Gasteiger partial charge on any atom is -0.489 e. The first kappa shape index (κ1) is 12.4. The van der Waals surface area contributed by atoms with Gasteiger partial charge in [0.1, 0.15) is 25.6 Å². The maximum Gasteiger partial charge on any atom is 0.165 e. The van der Waals surface area contributed by atoms with Gasteiger partial charge in [0, 0.05) is 18.7 Å². The Balaban J connectivity index is 1.66. The number of benzene rings is 1. The molecule has 0 amide bonds. The molecule has 0 aliphatic carbocycles. The monoisotopic (exact) mass is 265 g/mol. The fraction of sp³-hybridized carbons (Fsp3) is 0.571. The minimum atomic E-state index is 0.168. The second-order valence-corrected chi connectivity index (χ2v) is 4.83. The highest BCUT2D eigenvalue weighted by Gasteiger charge is 2.18. The van der Waals surface area contributed by atoms with Crippen LogP contribution in [0.1, 0.15) is 19.3 Å². The number of hydrogen-bond acceptors (Lipinski definition) is 5. The number of nitrogens with two attached hydrogens (primary N) is 1. The van der Waals surface area contributed by atoms with E-state index in [1.54, 1.807) is 12.1 Å². The van der Waals surface area contributed by atoms with Crippen molar-refractivity contribution in [2.24, 2.45) is 0 Å². The summed E-state index contributed by atoms with van der Waals surface area (Å²) in [4.78, 5) is 0. The van der Waals surface area contributed by atoms with Crippen molar-refractivity contribution < 1.29 is 18.9 Å². The van der Waals surface area contributed by atoms with E-state index in [2.05, 4.69) is 0 Å². The Bertz CT molecular complexity index is 443. The van der Waals surface area contributed by atoms with Crippen LogP contribution in [0.25, 0.3) is 0 Å². The number of nitrogen functional groups attached to an aromatic ring is 1. The lowest BCUT2D eigenvalue weighted by Gasteiger charge is -2.24. The molecule has 1 aromatic rings. The zero-order valence-electron chi connectivity index (χ0n) is 10.9. The van der Waals surface area contributed by atoms with Gasteiger partial charge in [-0.25, -0.2) is 0 Å². The highest BCUT2D eigenvalue weighted by Crippen LogP contribution is 2.38. The van der Waals surface area contributed by atoms with Crippen LogP contribution in [0, 0.1) is 0 Å². The molecule has 1 aromatic carbocycles. The Hall–Kier alpha value is -1.62. The molecular weight excluding hydrogens is 246 g/mol. The summed E-state index contributed by atoms with van der Waals surface area (Å²) in [6, 6.07) is 3.55. The van der Waals surface area contributed by atoms with Gasteiger partial charge in [0.2, 0.25) is 0 Å². The van der Waals surface area contributed by atoms with E-state index >= 15 is 0 Å². The average molecular weight is 265 g/mol. The van der Waals surface area contributed by atoms with Crippen molar-refractivity contribution >= 4 is 5.69 Å². The lowest BCUT2D eigenvalue weighted by molar-refractivity contribution is -0.0109. The molecular formula is C14H19NO4. The quantitative estimate of drug-likeness (QED) is 0.847. The summed E-state index contributed by atoms with van der Waals surface area (Å²) in [5.41, 5.74) is 6.53. The summed E-state index contributed by atoms with van der Waals surface area (Å²) in [5, 5.41) is 0. The van der Waals surface area contributed by atoms with Crippen molar-refractivity contribution in [1.82, 2.24) is 0 Å². The lowest BCUT2D eigenvalue weighted by Crippen LogP contribution is -2.26. The molecule has 104 valence electrons. The average Bonchev–Trinajstić information content (AvgIpc) is 2.46. The van der Waals surface area contributed by atoms with E-state index in [1.807, 2.05) is 0 Å². The molecule has 1 saturated heterocycles. The molecule has 1 unspecified atom stereocenters. The fourth-order valence-corrected chi connectivity index (χ4v) is 2.33. The summed E-state index contributed by atoms with van der Waals surface area (Å²) < 4.78 is 22.4. The topological polar surface area (TPSA) is 62.9 Å². The van der Waals surface area contributed by atoms with Crippen LogP contribution in [0.15, 0.2) is 12.1 Å². The Labute approximate surface area is 112 Å². The molecule has 2 N–H and O–H groups in total. The summed E-state index contributed by atoms with van der Waals surface area (Å²) in [5.74, 6) is 2.02. The van der Waals surface area contributed by atoms with Crippen molar-refractivity contribution in [2.45, 2.75) is 25.4 Å². The Kier molecular flexibility index (Phi) is 3.64. The Morgan fingerprint density at radius 2 is 1.89 bits per heavy atom. The first-order valence-electron chi connectivity index (χ1n) is 6.76. The molecule has 0 radical (unpaired) electrons. The van der Waals surface area contributed by atoms with Crippen molar-refractivity contribution in [3.63, 3.8) is 0 Å². The largest absolute Gasteiger partial charge is 0.489 e. The maximum absolute atomic E-state index is 5.96. The summed E-state index contributed by atoms with van der Waals surface area (Å²) in [7, 11) is 0. The van der Waals surface area contributed by atoms with Crippen LogP contribution in [0.3, 0.4) is 0 Å². The van der Waals surface area contributed by atoms with Gasteiger partial charge in [0.05, 0.1) is 11.8 Å². The second kappa shape index (κ2) is 5.57. The zero-order valence-corrected chi connectivity index (χ0v) is 10.9. The third kappa shape index (κ3) is 2.87. The van der Waals surface area contributed by atoms with E-state index in [4.69, 9.17) is 24.7 Å². The second-order valence-electron chi connectivity index (χ2n) is 4.83. The molecule has 5 heteroatoms. The van der Waals surface area contributed by atoms with E-state index in [9.17, 15) is 0 Å². The van der Waals surface area contributed by atoms with E-state index in [0.29, 0.717) is 42.8 Å². The number of rotatable bonds is 3. The van der Waals surface area contributed by atoms with Crippen LogP contribution in [0.5, 0.6) is 17.2 Å². The standard InChI is InChI=1S/C14H19NO4/c15-11-7-13-14(18-6-5-17-13)8-12(11)19-9-10-3-1-2-4-16-10/h7-8,10H,1-6,9,15H2. The van der Waals surface area contributed by atoms with Crippen LogP contribution >= 0.6 is 0 Å². The van der Waals surface area contributed by atoms with Crippen LogP contribution in [0.4, 0.5) is 5.69 Å². The van der Waals surface area contributed by atoms with Gasteiger partial charge in [-0.15, -0.1) is 0 Å². The summed E-state index contributed by atoms with van der Waals surface area (Å²) in [6.45, 7) is 2.47. The number of fused-ring (bicyclic) bond motifs is 1. The molecule has 1 fully saturated rings. The fourth-order valence-electron chi connectivity index (χ4n) is 2.33. The molecule has 5 nitrogen and oxygen atoms in total. The number of ether oxygens (including phenoxy) is 4. The van der Waals surface area contributed by atoms with E-state index < -0.39 is 0 Å². The van der Waals surface area contributed by atoms with Crippen LogP contribution in [0.2, 0.25) is 0 Å². The predicted octanol–water partition coefficient (Wildman–Crippen LogP) is 1.99. The molecule has 19 heavy (non-hydrogen) atoms. The molecule has 2 aliphatic heterocycles. The molecule has 0 spiro atoms. The molecule has 3 rings (SSSR count). The zero-order chi connectivity index (χ0) is 13.1. The van der Waals surface area contributed by atoms with E-state index in [1.165, 1.54) is 6.42 Å². The van der Waals surface area contributed by atoms with Gasteiger partial charge >= 0.3 is 0 Å². The molecule has 1 atom stereocenters.